The van der Waals surface area contributed by atoms with Gasteiger partial charge in [0, 0.05) is 44.2 Å². The van der Waals surface area contributed by atoms with Crippen molar-refractivity contribution < 1.29 is 89.0 Å². The number of amides is 4. The van der Waals surface area contributed by atoms with Gasteiger partial charge in [0.2, 0.25) is 0 Å². The summed E-state index contributed by atoms with van der Waals surface area (Å²) in [5.74, 6) is -1.31. The molecular weight excluding hydrogens is 1520 g/mol. The number of rotatable bonds is 11. The molecular formula is C71H82Br2N12O19S. The Kier molecular flexibility index (Phi) is 21.8. The van der Waals surface area contributed by atoms with E-state index in [2.05, 4.69) is 71.7 Å². The standard InChI is InChI=1S/C32H37BrN6O8.C30H39N5O10S.C9H6BrNO/c1-30(2,3)46-28(40)39(29(41)47-31(4,5)6)26-22-25(35-15-36-26)38(16-37-22)27-24-23(44-32(7,8)45-24)21(43-27)14-42-19-10-9-17-11-18(33)13-34-20(17)12-19;1-17-10-12-18(13-11-17)46(38,39)40-14-19-21-22(43-30(8,9)42-21)25(41-19)34-16-33-20-23(34)31-15-32-24(20)35(26(36)44-28(2,3)4)27(37)45-29(5,6)7;10-7-3-6-1-2-8(12)4-9(6)11-5-7/h9-13,15-16,21,23-24,27H,14H2,1-8H3;10-13,15-16,19,21-22,25H,14H2,1-9H3;1-5,12H/t21-,23-,24-,27-;19-,21-,22-,25-;/m11./s1. The third-order valence-electron chi connectivity index (χ3n) is 15.6. The number of aromatic hydroxyl groups is 1. The van der Waals surface area contributed by atoms with Crippen LogP contribution in [0.3, 0.4) is 0 Å². The number of imide groups is 2. The van der Waals surface area contributed by atoms with Crippen LogP contribution in [0.25, 0.3) is 44.1 Å². The first kappa shape index (κ1) is 77.4. The summed E-state index contributed by atoms with van der Waals surface area (Å²) in [6.07, 6.45) is -0.778. The molecule has 0 aliphatic carbocycles. The topological polar surface area (TPSA) is 353 Å². The maximum Gasteiger partial charge on any atom is 0.425 e. The molecule has 4 amide bonds. The highest BCUT2D eigenvalue weighted by Gasteiger charge is 2.58. The van der Waals surface area contributed by atoms with Gasteiger partial charge in [0.1, 0.15) is 89.8 Å². The van der Waals surface area contributed by atoms with Crippen molar-refractivity contribution in [3.63, 3.8) is 0 Å². The Hall–Kier alpha value is -8.71. The minimum Gasteiger partial charge on any atom is -0.508 e. The van der Waals surface area contributed by atoms with Crippen LogP contribution in [-0.4, -0.2) is 171 Å². The lowest BCUT2D eigenvalue weighted by atomic mass is 10.1. The van der Waals surface area contributed by atoms with Gasteiger partial charge in [-0.25, -0.2) is 49.1 Å². The number of phenols is 1. The number of aromatic nitrogens is 10. The summed E-state index contributed by atoms with van der Waals surface area (Å²) in [6.45, 7) is 28.9. The minimum atomic E-state index is -4.09. The van der Waals surface area contributed by atoms with Crippen LogP contribution in [0.1, 0.15) is 129 Å². The quantitative estimate of drug-likeness (QED) is 0.0928. The number of imidazole rings is 2. The van der Waals surface area contributed by atoms with Gasteiger partial charge in [0.25, 0.3) is 10.1 Å². The average Bonchev–Trinajstić information content (AvgIpc) is 1.59. The predicted molar refractivity (Wildman–Crippen MR) is 386 cm³/mol. The Balaban J connectivity index is 0.000000181. The molecule has 560 valence electrons. The molecule has 8 atom stereocenters. The number of fused-ring (bicyclic) bond motifs is 6. The molecule has 4 aliphatic heterocycles. The lowest BCUT2D eigenvalue weighted by molar-refractivity contribution is -0.199. The molecule has 0 unspecified atom stereocenters. The maximum absolute atomic E-state index is 13.4. The van der Waals surface area contributed by atoms with Crippen molar-refractivity contribution in [2.24, 2.45) is 0 Å². The number of carbonyl (C=O) groups excluding carboxylic acids is 4. The molecule has 4 fully saturated rings. The third kappa shape index (κ3) is 18.4. The summed E-state index contributed by atoms with van der Waals surface area (Å²) in [4.78, 5) is 89.5. The van der Waals surface area contributed by atoms with E-state index < -0.39 is 118 Å². The number of halogens is 2. The fraction of sp³-hybridized carbons (Fsp3) is 0.465. The number of aryl methyl sites for hydroxylation is 1. The predicted octanol–water partition coefficient (Wildman–Crippen LogP) is 13.6. The number of anilines is 2. The lowest BCUT2D eigenvalue weighted by Gasteiger charge is -2.28. The van der Waals surface area contributed by atoms with E-state index in [1.807, 2.05) is 57.2 Å². The van der Waals surface area contributed by atoms with Crippen LogP contribution in [0.2, 0.25) is 0 Å². The van der Waals surface area contributed by atoms with Crippen molar-refractivity contribution in [1.82, 2.24) is 49.0 Å². The van der Waals surface area contributed by atoms with E-state index in [0.29, 0.717) is 10.6 Å². The van der Waals surface area contributed by atoms with Gasteiger partial charge in [-0.05, 0) is 198 Å². The van der Waals surface area contributed by atoms with E-state index in [0.717, 1.165) is 47.5 Å². The van der Waals surface area contributed by atoms with E-state index in [9.17, 15) is 27.6 Å². The smallest absolute Gasteiger partial charge is 0.425 e. The first-order chi connectivity index (χ1) is 49.0. The number of hydrogen-bond donors (Lipinski definition) is 1. The van der Waals surface area contributed by atoms with Crippen molar-refractivity contribution in [2.75, 3.05) is 23.0 Å². The van der Waals surface area contributed by atoms with Crippen LogP contribution < -0.4 is 14.5 Å². The second kappa shape index (κ2) is 29.6. The van der Waals surface area contributed by atoms with Gasteiger partial charge in [-0.15, -0.1) is 0 Å². The fourth-order valence-electron chi connectivity index (χ4n) is 11.5. The van der Waals surface area contributed by atoms with Crippen LogP contribution in [0.5, 0.6) is 11.5 Å². The molecule has 13 rings (SSSR count). The molecule has 0 bridgehead atoms. The molecule has 0 spiro atoms. The Morgan fingerprint density at radius 3 is 1.35 bits per heavy atom. The number of nitrogens with zero attached hydrogens (tertiary/aromatic N) is 12. The molecule has 105 heavy (non-hydrogen) atoms. The zero-order valence-electron chi connectivity index (χ0n) is 60.8. The maximum atomic E-state index is 13.4. The van der Waals surface area contributed by atoms with E-state index in [1.165, 1.54) is 31.1 Å². The highest BCUT2D eigenvalue weighted by molar-refractivity contribution is 9.10. The van der Waals surface area contributed by atoms with Crippen LogP contribution in [0, 0.1) is 6.92 Å². The van der Waals surface area contributed by atoms with Gasteiger partial charge in [-0.1, -0.05) is 17.7 Å². The van der Waals surface area contributed by atoms with E-state index in [4.69, 9.17) is 61.4 Å². The summed E-state index contributed by atoms with van der Waals surface area (Å²) in [7, 11) is -4.09. The highest BCUT2D eigenvalue weighted by Crippen LogP contribution is 2.47. The third-order valence-corrected chi connectivity index (χ3v) is 17.7. The number of carbonyl (C=O) groups is 4. The van der Waals surface area contributed by atoms with Gasteiger partial charge in [-0.2, -0.15) is 18.2 Å². The van der Waals surface area contributed by atoms with E-state index >= 15 is 0 Å². The van der Waals surface area contributed by atoms with E-state index in [1.54, 1.807) is 143 Å². The zero-order valence-corrected chi connectivity index (χ0v) is 64.7. The summed E-state index contributed by atoms with van der Waals surface area (Å²) in [5, 5.41) is 11.1. The summed E-state index contributed by atoms with van der Waals surface area (Å²) >= 11 is 6.77. The number of pyridine rings is 2. The largest absolute Gasteiger partial charge is 0.508 e. The number of benzene rings is 3. The molecule has 0 saturated carbocycles. The molecule has 9 aromatic rings. The highest BCUT2D eigenvalue weighted by atomic mass is 79.9. The average molecular weight is 1600 g/mol. The molecule has 1 N–H and O–H groups in total. The monoisotopic (exact) mass is 1600 g/mol. The SMILES string of the molecule is CC(C)(C)OC(=O)N(C(=O)OC(C)(C)C)c1ncnc2c1ncn2[C@@H]1O[C@H](COc2ccc3cc(Br)cnc3c2)[C@H]2OC(C)(C)O[C@H]21.Cc1ccc(S(=O)(=O)OC[C@H]2O[C@@H](n3cnc4c(N(C(=O)OC(C)(C)C)C(=O)OC(C)(C)C)ncnc43)[C@@H]3OC(C)(C)O[C@@H]32)cc1.Oc1ccc2cc(Br)cnc2c1. The Labute approximate surface area is 621 Å². The summed E-state index contributed by atoms with van der Waals surface area (Å²) in [5.41, 5.74) is -0.483. The van der Waals surface area contributed by atoms with Gasteiger partial charge in [0.15, 0.2) is 58.0 Å². The number of ether oxygens (including phenoxy) is 11. The van der Waals surface area contributed by atoms with Crippen molar-refractivity contribution >= 4 is 122 Å². The van der Waals surface area contributed by atoms with Crippen LogP contribution >= 0.6 is 31.9 Å². The summed E-state index contributed by atoms with van der Waals surface area (Å²) < 4.78 is 102. The second-order valence-electron chi connectivity index (χ2n) is 29.8. The first-order valence-electron chi connectivity index (χ1n) is 33.3. The van der Waals surface area contributed by atoms with Gasteiger partial charge in [0.05, 0.1) is 35.2 Å². The van der Waals surface area contributed by atoms with Gasteiger partial charge < -0.3 is 57.2 Å². The van der Waals surface area contributed by atoms with Crippen molar-refractivity contribution in [1.29, 1.82) is 0 Å². The van der Waals surface area contributed by atoms with Crippen molar-refractivity contribution in [3.05, 3.63) is 125 Å². The van der Waals surface area contributed by atoms with Crippen LogP contribution in [0.15, 0.2) is 124 Å². The summed E-state index contributed by atoms with van der Waals surface area (Å²) in [6, 6.07) is 21.0. The molecule has 4 saturated heterocycles. The minimum absolute atomic E-state index is 0.0116. The Morgan fingerprint density at radius 1 is 0.524 bits per heavy atom. The molecule has 6 aromatic heterocycles. The van der Waals surface area contributed by atoms with Gasteiger partial charge in [-0.3, -0.25) is 23.3 Å². The molecule has 0 radical (unpaired) electrons. The Bertz CT molecular complexity index is 4770. The number of phenolic OH excluding ortho intramolecular Hbond substituents is 1. The van der Waals surface area contributed by atoms with Crippen molar-refractivity contribution in [3.8, 4) is 11.5 Å². The Morgan fingerprint density at radius 2 is 0.924 bits per heavy atom. The molecule has 4 aliphatic rings. The van der Waals surface area contributed by atoms with Gasteiger partial charge >= 0.3 is 24.4 Å². The normalized spacial score (nSPS) is 21.2. The van der Waals surface area contributed by atoms with Crippen LogP contribution in [0.4, 0.5) is 30.8 Å². The molecule has 10 heterocycles. The lowest BCUT2D eigenvalue weighted by Crippen LogP contribution is -2.44. The molecule has 31 nitrogen and oxygen atoms in total. The number of hydrogen-bond acceptors (Lipinski definition) is 27. The van der Waals surface area contributed by atoms with Crippen LogP contribution in [-0.2, 0) is 61.7 Å². The first-order valence-corrected chi connectivity index (χ1v) is 36.3. The fourth-order valence-corrected chi connectivity index (χ4v) is 13.1. The molecule has 34 heteroatoms. The van der Waals surface area contributed by atoms with E-state index in [-0.39, 0.29) is 57.8 Å². The van der Waals surface area contributed by atoms with Crippen molar-refractivity contribution in [2.45, 2.75) is 206 Å². The zero-order chi connectivity index (χ0) is 76.3. The molecule has 3 aromatic carbocycles. The second-order valence-corrected chi connectivity index (χ2v) is 33.2.